The summed E-state index contributed by atoms with van der Waals surface area (Å²) in [4.78, 5) is 13.1. The van der Waals surface area contributed by atoms with Crippen molar-refractivity contribution >= 4 is 11.5 Å². The Hall–Kier alpha value is -1.64. The third kappa shape index (κ3) is 2.13. The first-order chi connectivity index (χ1) is 7.68. The topological polar surface area (TPSA) is 20.3 Å². The summed E-state index contributed by atoms with van der Waals surface area (Å²) in [5, 5.41) is 0. The summed E-state index contributed by atoms with van der Waals surface area (Å²) in [7, 11) is 0. The van der Waals surface area contributed by atoms with Gasteiger partial charge in [-0.15, -0.1) is 0 Å². The zero-order chi connectivity index (χ0) is 11.5. The molecule has 1 aromatic rings. The predicted octanol–water partition coefficient (Wildman–Crippen LogP) is 2.79. The van der Waals surface area contributed by atoms with E-state index in [0.29, 0.717) is 11.3 Å². The highest BCUT2D eigenvalue weighted by Gasteiger charge is 2.13. The van der Waals surface area contributed by atoms with Gasteiger partial charge in [0.1, 0.15) is 5.82 Å². The number of carbonyl (C=O) groups excluding carboxylic acids is 1. The van der Waals surface area contributed by atoms with E-state index in [1.165, 1.54) is 13.0 Å². The average Bonchev–Trinajstić information content (AvgIpc) is 2.30. The molecule has 0 amide bonds. The van der Waals surface area contributed by atoms with Crippen molar-refractivity contribution < 1.29 is 9.18 Å². The number of benzene rings is 1. The van der Waals surface area contributed by atoms with Gasteiger partial charge in [0.05, 0.1) is 5.69 Å². The van der Waals surface area contributed by atoms with E-state index < -0.39 is 0 Å². The Morgan fingerprint density at radius 2 is 2.19 bits per heavy atom. The first-order valence-electron chi connectivity index (χ1n) is 5.39. The third-order valence-corrected chi connectivity index (χ3v) is 2.75. The zero-order valence-electron chi connectivity index (χ0n) is 9.24. The van der Waals surface area contributed by atoms with Crippen LogP contribution in [0, 0.1) is 5.82 Å². The number of carbonyl (C=O) groups is 1. The Labute approximate surface area is 94.4 Å². The fourth-order valence-corrected chi connectivity index (χ4v) is 1.84. The normalized spacial score (nSPS) is 15.2. The van der Waals surface area contributed by atoms with E-state index in [9.17, 15) is 9.18 Å². The first kappa shape index (κ1) is 10.9. The summed E-state index contributed by atoms with van der Waals surface area (Å²) in [6.45, 7) is 3.00. The zero-order valence-corrected chi connectivity index (χ0v) is 9.24. The second-order valence-corrected chi connectivity index (χ2v) is 3.93. The van der Waals surface area contributed by atoms with Gasteiger partial charge >= 0.3 is 0 Å². The molecule has 0 radical (unpaired) electrons. The summed E-state index contributed by atoms with van der Waals surface area (Å²) >= 11 is 0. The molecule has 1 heterocycles. The summed E-state index contributed by atoms with van der Waals surface area (Å²) in [6, 6.07) is 4.68. The molecule has 2 rings (SSSR count). The van der Waals surface area contributed by atoms with Crippen LogP contribution >= 0.6 is 0 Å². The minimum atomic E-state index is -0.317. The van der Waals surface area contributed by atoms with E-state index in [1.54, 1.807) is 12.1 Å². The molecule has 0 bridgehead atoms. The molecule has 0 atom stereocenters. The third-order valence-electron chi connectivity index (χ3n) is 2.75. The van der Waals surface area contributed by atoms with Crippen molar-refractivity contribution in [3.05, 3.63) is 41.7 Å². The van der Waals surface area contributed by atoms with E-state index in [0.717, 1.165) is 19.5 Å². The van der Waals surface area contributed by atoms with Gasteiger partial charge in [0.2, 0.25) is 0 Å². The molecule has 0 aromatic heterocycles. The lowest BCUT2D eigenvalue weighted by atomic mass is 10.1. The second-order valence-electron chi connectivity index (χ2n) is 3.93. The number of halogens is 1. The molecule has 0 N–H and O–H groups in total. The molecule has 0 aliphatic carbocycles. The molecule has 84 valence electrons. The van der Waals surface area contributed by atoms with E-state index in [-0.39, 0.29) is 11.6 Å². The minimum Gasteiger partial charge on any atom is -0.365 e. The van der Waals surface area contributed by atoms with Crippen molar-refractivity contribution in [1.82, 2.24) is 0 Å². The van der Waals surface area contributed by atoms with Crippen molar-refractivity contribution in [1.29, 1.82) is 0 Å². The fourth-order valence-electron chi connectivity index (χ4n) is 1.84. The number of ketones is 1. The van der Waals surface area contributed by atoms with Gasteiger partial charge in [-0.05, 0) is 31.5 Å². The van der Waals surface area contributed by atoms with Crippen molar-refractivity contribution in [2.45, 2.75) is 13.3 Å². The predicted molar refractivity (Wildman–Crippen MR) is 62.4 cm³/mol. The van der Waals surface area contributed by atoms with Crippen molar-refractivity contribution in [2.75, 3.05) is 18.0 Å². The van der Waals surface area contributed by atoms with E-state index >= 15 is 0 Å². The van der Waals surface area contributed by atoms with Crippen LogP contribution < -0.4 is 4.90 Å². The van der Waals surface area contributed by atoms with Crippen LogP contribution in [-0.4, -0.2) is 18.9 Å². The van der Waals surface area contributed by atoms with Crippen LogP contribution in [0.4, 0.5) is 10.1 Å². The minimum absolute atomic E-state index is 0.107. The number of hydrogen-bond acceptors (Lipinski definition) is 2. The molecule has 0 saturated heterocycles. The van der Waals surface area contributed by atoms with Crippen LogP contribution in [-0.2, 0) is 0 Å². The quantitative estimate of drug-likeness (QED) is 0.563. The van der Waals surface area contributed by atoms with Crippen LogP contribution in [0.2, 0.25) is 0 Å². The Bertz CT molecular complexity index is 440. The molecule has 1 aromatic carbocycles. The average molecular weight is 219 g/mol. The lowest BCUT2D eigenvalue weighted by Gasteiger charge is -2.26. The largest absolute Gasteiger partial charge is 0.365 e. The molecule has 0 unspecified atom stereocenters. The maximum absolute atomic E-state index is 13.8. The molecular formula is C13H14FNO. The van der Waals surface area contributed by atoms with Crippen molar-refractivity contribution in [3.8, 4) is 0 Å². The summed E-state index contributed by atoms with van der Waals surface area (Å²) < 4.78 is 13.8. The Morgan fingerprint density at radius 1 is 1.38 bits per heavy atom. The van der Waals surface area contributed by atoms with Gasteiger partial charge in [0, 0.05) is 18.7 Å². The Morgan fingerprint density at radius 3 is 2.75 bits per heavy atom. The molecule has 0 saturated carbocycles. The second kappa shape index (κ2) is 4.47. The molecule has 2 nitrogen and oxygen atoms in total. The smallest absolute Gasteiger partial charge is 0.159 e. The summed E-state index contributed by atoms with van der Waals surface area (Å²) in [5.41, 5.74) is 1.00. The number of anilines is 1. The number of Topliss-reactive ketones (excluding diaryl/α,β-unsaturated/α-hetero) is 1. The standard InChI is InChI=1S/C13H14FNO/c1-10(16)11-5-6-13(12(14)9-11)15-7-3-2-4-8-15/h2-3,5-6,9H,4,7-8H2,1H3. The van der Waals surface area contributed by atoms with Crippen LogP contribution in [0.25, 0.3) is 0 Å². The van der Waals surface area contributed by atoms with Gasteiger partial charge < -0.3 is 4.90 Å². The van der Waals surface area contributed by atoms with Gasteiger partial charge in [-0.3, -0.25) is 4.79 Å². The molecule has 0 fully saturated rings. The maximum Gasteiger partial charge on any atom is 0.159 e. The van der Waals surface area contributed by atoms with Gasteiger partial charge in [-0.2, -0.15) is 0 Å². The van der Waals surface area contributed by atoms with Gasteiger partial charge in [-0.25, -0.2) is 4.39 Å². The Kier molecular flexibility index (Phi) is 3.04. The highest BCUT2D eigenvalue weighted by Crippen LogP contribution is 2.22. The lowest BCUT2D eigenvalue weighted by Crippen LogP contribution is -2.27. The monoisotopic (exact) mass is 219 g/mol. The van der Waals surface area contributed by atoms with Crippen LogP contribution in [0.15, 0.2) is 30.4 Å². The molecular weight excluding hydrogens is 205 g/mol. The van der Waals surface area contributed by atoms with Gasteiger partial charge in [0.25, 0.3) is 0 Å². The van der Waals surface area contributed by atoms with Crippen molar-refractivity contribution in [3.63, 3.8) is 0 Å². The van der Waals surface area contributed by atoms with E-state index in [4.69, 9.17) is 0 Å². The fraction of sp³-hybridized carbons (Fsp3) is 0.308. The van der Waals surface area contributed by atoms with E-state index in [2.05, 4.69) is 6.08 Å². The molecule has 3 heteroatoms. The van der Waals surface area contributed by atoms with Crippen LogP contribution in [0.5, 0.6) is 0 Å². The molecule has 1 aliphatic rings. The summed E-state index contributed by atoms with van der Waals surface area (Å²) in [6.07, 6.45) is 5.06. The highest BCUT2D eigenvalue weighted by molar-refractivity contribution is 5.94. The number of rotatable bonds is 2. The highest BCUT2D eigenvalue weighted by atomic mass is 19.1. The lowest BCUT2D eigenvalue weighted by molar-refractivity contribution is 0.101. The SMILES string of the molecule is CC(=O)c1ccc(N2CC=CCC2)c(F)c1. The molecule has 0 spiro atoms. The molecule has 16 heavy (non-hydrogen) atoms. The van der Waals surface area contributed by atoms with E-state index in [1.807, 2.05) is 11.0 Å². The van der Waals surface area contributed by atoms with Crippen LogP contribution in [0.3, 0.4) is 0 Å². The number of nitrogens with zero attached hydrogens (tertiary/aromatic N) is 1. The number of hydrogen-bond donors (Lipinski definition) is 0. The van der Waals surface area contributed by atoms with Gasteiger partial charge in [0.15, 0.2) is 5.78 Å². The summed E-state index contributed by atoms with van der Waals surface area (Å²) in [5.74, 6) is -0.424. The van der Waals surface area contributed by atoms with Crippen molar-refractivity contribution in [2.24, 2.45) is 0 Å². The first-order valence-corrected chi connectivity index (χ1v) is 5.39. The molecule has 1 aliphatic heterocycles. The van der Waals surface area contributed by atoms with Crippen LogP contribution in [0.1, 0.15) is 23.7 Å². The Balaban J connectivity index is 2.28. The van der Waals surface area contributed by atoms with Gasteiger partial charge in [-0.1, -0.05) is 12.2 Å². The maximum atomic E-state index is 13.8.